The summed E-state index contributed by atoms with van der Waals surface area (Å²) >= 11 is 0. The minimum Gasteiger partial charge on any atom is -0.297 e. The molecular weight excluding hydrogens is 290 g/mol. The zero-order chi connectivity index (χ0) is 16.6. The van der Waals surface area contributed by atoms with Crippen LogP contribution in [0, 0.1) is 11.6 Å². The summed E-state index contributed by atoms with van der Waals surface area (Å²) < 4.78 is 28.8. The Morgan fingerprint density at radius 2 is 1.64 bits per heavy atom. The van der Waals surface area contributed by atoms with Gasteiger partial charge in [-0.1, -0.05) is 13.8 Å². The van der Waals surface area contributed by atoms with E-state index in [0.29, 0.717) is 5.56 Å². The molecule has 118 valence electrons. The first-order valence-corrected chi connectivity index (χ1v) is 7.07. The zero-order valence-electron chi connectivity index (χ0n) is 12.9. The maximum atomic E-state index is 13.4. The Morgan fingerprint density at radius 3 is 2.14 bits per heavy atom. The molecule has 2 aromatic rings. The van der Waals surface area contributed by atoms with Crippen molar-refractivity contribution in [2.75, 3.05) is 0 Å². The van der Waals surface area contributed by atoms with Gasteiger partial charge in [0.05, 0.1) is 5.69 Å². The van der Waals surface area contributed by atoms with E-state index in [4.69, 9.17) is 0 Å². The molecule has 1 aromatic heterocycles. The van der Waals surface area contributed by atoms with Crippen LogP contribution in [-0.4, -0.2) is 9.13 Å². The van der Waals surface area contributed by atoms with Crippen molar-refractivity contribution in [2.24, 2.45) is 0 Å². The van der Waals surface area contributed by atoms with Gasteiger partial charge in [-0.25, -0.2) is 18.1 Å². The van der Waals surface area contributed by atoms with E-state index in [1.807, 2.05) is 27.7 Å². The maximum absolute atomic E-state index is 13.4. The van der Waals surface area contributed by atoms with Gasteiger partial charge in [0, 0.05) is 23.9 Å². The van der Waals surface area contributed by atoms with Gasteiger partial charge < -0.3 is 0 Å². The molecule has 0 fully saturated rings. The van der Waals surface area contributed by atoms with Crippen molar-refractivity contribution in [3.63, 3.8) is 0 Å². The zero-order valence-corrected chi connectivity index (χ0v) is 12.9. The summed E-state index contributed by atoms with van der Waals surface area (Å²) in [5.41, 5.74) is -0.623. The fourth-order valence-electron chi connectivity index (χ4n) is 2.21. The second kappa shape index (κ2) is 5.87. The van der Waals surface area contributed by atoms with Crippen LogP contribution in [0.25, 0.3) is 5.69 Å². The van der Waals surface area contributed by atoms with Crippen LogP contribution in [0.5, 0.6) is 0 Å². The number of halogens is 2. The van der Waals surface area contributed by atoms with Crippen LogP contribution in [0.3, 0.4) is 0 Å². The fourth-order valence-corrected chi connectivity index (χ4v) is 2.21. The Morgan fingerprint density at radius 1 is 1.00 bits per heavy atom. The minimum absolute atomic E-state index is 0.0193. The van der Waals surface area contributed by atoms with E-state index in [1.165, 1.54) is 16.8 Å². The monoisotopic (exact) mass is 308 g/mol. The number of rotatable bonds is 3. The van der Waals surface area contributed by atoms with Crippen LogP contribution in [0.1, 0.15) is 45.2 Å². The van der Waals surface area contributed by atoms with E-state index >= 15 is 0 Å². The molecule has 0 unspecified atom stereocenters. The Hall–Kier alpha value is -2.24. The van der Waals surface area contributed by atoms with E-state index in [9.17, 15) is 18.4 Å². The molecule has 0 spiro atoms. The van der Waals surface area contributed by atoms with Gasteiger partial charge in [0.2, 0.25) is 0 Å². The van der Waals surface area contributed by atoms with E-state index < -0.39 is 22.9 Å². The normalized spacial score (nSPS) is 11.5. The molecule has 0 aliphatic carbocycles. The highest BCUT2D eigenvalue weighted by atomic mass is 19.2. The number of aromatic nitrogens is 2. The van der Waals surface area contributed by atoms with Crippen molar-refractivity contribution in [3.05, 3.63) is 62.4 Å². The maximum Gasteiger partial charge on any atom is 0.335 e. The van der Waals surface area contributed by atoms with Gasteiger partial charge >= 0.3 is 5.69 Å². The molecule has 0 amide bonds. The minimum atomic E-state index is -1.10. The molecule has 1 aromatic carbocycles. The van der Waals surface area contributed by atoms with Gasteiger partial charge in [0.25, 0.3) is 5.56 Å². The first kappa shape index (κ1) is 16.1. The van der Waals surface area contributed by atoms with Crippen LogP contribution in [-0.2, 0) is 0 Å². The van der Waals surface area contributed by atoms with Gasteiger partial charge in [0.1, 0.15) is 0 Å². The SMILES string of the molecule is CC(C)c1cn(C(C)C)c(=O)n(-c2ccc(F)c(F)c2)c1=O. The van der Waals surface area contributed by atoms with Gasteiger partial charge in [-0.05, 0) is 31.9 Å². The van der Waals surface area contributed by atoms with E-state index in [1.54, 1.807) is 0 Å². The molecule has 6 heteroatoms. The molecule has 0 radical (unpaired) electrons. The average molecular weight is 308 g/mol. The number of nitrogens with zero attached hydrogens (tertiary/aromatic N) is 2. The summed E-state index contributed by atoms with van der Waals surface area (Å²) in [5, 5.41) is 0. The predicted octanol–water partition coefficient (Wildman–Crippen LogP) is 2.98. The Kier molecular flexibility index (Phi) is 4.30. The Balaban J connectivity index is 2.87. The van der Waals surface area contributed by atoms with Gasteiger partial charge in [-0.15, -0.1) is 0 Å². The lowest BCUT2D eigenvalue weighted by atomic mass is 10.1. The first-order chi connectivity index (χ1) is 10.2. The second-order valence-electron chi connectivity index (χ2n) is 5.76. The Labute approximate surface area is 126 Å². The largest absolute Gasteiger partial charge is 0.335 e. The number of benzene rings is 1. The molecule has 0 aliphatic heterocycles. The summed E-state index contributed by atoms with van der Waals surface area (Å²) in [5.74, 6) is -2.23. The van der Waals surface area contributed by atoms with Gasteiger partial charge in [0.15, 0.2) is 11.6 Å². The molecule has 4 nitrogen and oxygen atoms in total. The lowest BCUT2D eigenvalue weighted by molar-refractivity contribution is 0.505. The third kappa shape index (κ3) is 2.73. The van der Waals surface area contributed by atoms with Crippen molar-refractivity contribution in [1.82, 2.24) is 9.13 Å². The van der Waals surface area contributed by atoms with E-state index in [-0.39, 0.29) is 17.6 Å². The summed E-state index contributed by atoms with van der Waals surface area (Å²) in [6, 6.07) is 2.81. The van der Waals surface area contributed by atoms with Crippen molar-refractivity contribution in [2.45, 2.75) is 39.7 Å². The highest BCUT2D eigenvalue weighted by Gasteiger charge is 2.17. The molecule has 0 N–H and O–H groups in total. The molecule has 2 rings (SSSR count). The Bertz CT molecular complexity index is 780. The topological polar surface area (TPSA) is 44.0 Å². The molecule has 0 atom stereocenters. The third-order valence-corrected chi connectivity index (χ3v) is 3.48. The number of hydrogen-bond donors (Lipinski definition) is 0. The lowest BCUT2D eigenvalue weighted by Gasteiger charge is -2.17. The van der Waals surface area contributed by atoms with E-state index in [2.05, 4.69) is 0 Å². The van der Waals surface area contributed by atoms with E-state index in [0.717, 1.165) is 16.7 Å². The molecular formula is C16H18F2N2O2. The quantitative estimate of drug-likeness (QED) is 0.875. The van der Waals surface area contributed by atoms with Gasteiger partial charge in [-0.3, -0.25) is 9.36 Å². The van der Waals surface area contributed by atoms with Crippen LogP contribution >= 0.6 is 0 Å². The standard InChI is InChI=1S/C16H18F2N2O2/c1-9(2)12-8-19(10(3)4)16(22)20(15(12)21)11-5-6-13(17)14(18)7-11/h5-10H,1-4H3. The predicted molar refractivity (Wildman–Crippen MR) is 80.7 cm³/mol. The highest BCUT2D eigenvalue weighted by molar-refractivity contribution is 5.33. The summed E-state index contributed by atoms with van der Waals surface area (Å²) in [7, 11) is 0. The second-order valence-corrected chi connectivity index (χ2v) is 5.76. The molecule has 0 bridgehead atoms. The molecule has 0 saturated carbocycles. The van der Waals surface area contributed by atoms with Crippen LogP contribution in [0.2, 0.25) is 0 Å². The fraction of sp³-hybridized carbons (Fsp3) is 0.375. The molecule has 0 saturated heterocycles. The summed E-state index contributed by atoms with van der Waals surface area (Å²) in [6.07, 6.45) is 1.54. The van der Waals surface area contributed by atoms with Crippen molar-refractivity contribution < 1.29 is 8.78 Å². The molecule has 0 aliphatic rings. The molecule has 22 heavy (non-hydrogen) atoms. The van der Waals surface area contributed by atoms with Crippen molar-refractivity contribution in [3.8, 4) is 5.69 Å². The molecule has 1 heterocycles. The highest BCUT2D eigenvalue weighted by Crippen LogP contribution is 2.14. The van der Waals surface area contributed by atoms with Crippen molar-refractivity contribution >= 4 is 0 Å². The first-order valence-electron chi connectivity index (χ1n) is 7.07. The summed E-state index contributed by atoms with van der Waals surface area (Å²) in [4.78, 5) is 25.0. The smallest absolute Gasteiger partial charge is 0.297 e. The van der Waals surface area contributed by atoms with Crippen LogP contribution in [0.15, 0.2) is 34.0 Å². The number of hydrogen-bond acceptors (Lipinski definition) is 2. The summed E-state index contributed by atoms with van der Waals surface area (Å²) in [6.45, 7) is 7.29. The van der Waals surface area contributed by atoms with Crippen LogP contribution < -0.4 is 11.2 Å². The van der Waals surface area contributed by atoms with Crippen LogP contribution in [0.4, 0.5) is 8.78 Å². The lowest BCUT2D eigenvalue weighted by Crippen LogP contribution is -2.41. The van der Waals surface area contributed by atoms with Gasteiger partial charge in [-0.2, -0.15) is 0 Å². The van der Waals surface area contributed by atoms with Crippen molar-refractivity contribution in [1.29, 1.82) is 0 Å². The third-order valence-electron chi connectivity index (χ3n) is 3.48. The average Bonchev–Trinajstić information content (AvgIpc) is 2.42.